The molecule has 0 bridgehead atoms. The average molecular weight is 445 g/mol. The van der Waals surface area contributed by atoms with Gasteiger partial charge in [-0.25, -0.2) is 23.2 Å². The van der Waals surface area contributed by atoms with Crippen LogP contribution in [0.15, 0.2) is 38.5 Å². The summed E-state index contributed by atoms with van der Waals surface area (Å²) in [6, 6.07) is 4.59. The van der Waals surface area contributed by atoms with Crippen molar-refractivity contribution in [1.82, 2.24) is 18.8 Å². The van der Waals surface area contributed by atoms with Gasteiger partial charge in [0.15, 0.2) is 5.58 Å². The largest absolute Gasteiger partial charge is 0.419 e. The SMILES string of the molecule is CCn1c(=O)oc2cc(S(=O)(=O)N3CCCC4(C3)OCCc3cnc(C)nc34)ccc21. The Bertz CT molecular complexity index is 1330. The van der Waals surface area contributed by atoms with Crippen LogP contribution in [0.5, 0.6) is 0 Å². The molecule has 3 aromatic rings. The lowest BCUT2D eigenvalue weighted by molar-refractivity contribution is -0.0935. The highest BCUT2D eigenvalue weighted by Gasteiger charge is 2.46. The van der Waals surface area contributed by atoms with Gasteiger partial charge in [0.1, 0.15) is 11.4 Å². The van der Waals surface area contributed by atoms with Gasteiger partial charge < -0.3 is 9.15 Å². The molecule has 1 saturated heterocycles. The highest BCUT2D eigenvalue weighted by Crippen LogP contribution is 2.40. The predicted molar refractivity (Wildman–Crippen MR) is 112 cm³/mol. The van der Waals surface area contributed by atoms with Crippen LogP contribution in [0.25, 0.3) is 11.1 Å². The van der Waals surface area contributed by atoms with Crippen LogP contribution < -0.4 is 5.76 Å². The molecule has 9 nitrogen and oxygen atoms in total. The molecule has 2 aromatic heterocycles. The van der Waals surface area contributed by atoms with Crippen LogP contribution in [-0.2, 0) is 33.3 Å². The molecule has 164 valence electrons. The minimum Gasteiger partial charge on any atom is -0.408 e. The van der Waals surface area contributed by atoms with Crippen molar-refractivity contribution in [3.05, 3.63) is 52.0 Å². The van der Waals surface area contributed by atoms with Gasteiger partial charge in [-0.1, -0.05) is 0 Å². The average Bonchev–Trinajstić information content (AvgIpc) is 3.08. The summed E-state index contributed by atoms with van der Waals surface area (Å²) in [5, 5.41) is 0. The summed E-state index contributed by atoms with van der Waals surface area (Å²) in [5.41, 5.74) is 1.89. The summed E-state index contributed by atoms with van der Waals surface area (Å²) in [6.45, 7) is 5.20. The molecule has 1 unspecified atom stereocenters. The number of oxazole rings is 1. The third kappa shape index (κ3) is 3.20. The van der Waals surface area contributed by atoms with Crippen LogP contribution in [0.3, 0.4) is 0 Å². The molecule has 31 heavy (non-hydrogen) atoms. The highest BCUT2D eigenvalue weighted by molar-refractivity contribution is 7.89. The van der Waals surface area contributed by atoms with Crippen molar-refractivity contribution in [3.63, 3.8) is 0 Å². The Hall–Kier alpha value is -2.56. The Morgan fingerprint density at radius 1 is 1.29 bits per heavy atom. The molecule has 5 rings (SSSR count). The third-order valence-electron chi connectivity index (χ3n) is 6.18. The Balaban J connectivity index is 1.53. The van der Waals surface area contributed by atoms with Crippen LogP contribution in [-0.4, -0.2) is 47.0 Å². The minimum atomic E-state index is -3.81. The number of aromatic nitrogens is 3. The minimum absolute atomic E-state index is 0.101. The fourth-order valence-corrected chi connectivity index (χ4v) is 6.20. The molecule has 0 amide bonds. The van der Waals surface area contributed by atoms with Crippen molar-refractivity contribution in [2.75, 3.05) is 19.7 Å². The van der Waals surface area contributed by atoms with Crippen molar-refractivity contribution in [2.45, 2.75) is 50.2 Å². The number of piperidine rings is 1. The van der Waals surface area contributed by atoms with Crippen molar-refractivity contribution in [2.24, 2.45) is 0 Å². The quantitative estimate of drug-likeness (QED) is 0.608. The standard InChI is InChI=1S/C21H24N4O5S/c1-3-25-17-6-5-16(11-18(17)30-20(25)26)31(27,28)24-9-4-8-21(13-24)19-15(7-10-29-21)12-22-14(2)23-19/h5-6,11-12H,3-4,7-10,13H2,1-2H3. The zero-order chi connectivity index (χ0) is 21.8. The number of hydrogen-bond donors (Lipinski definition) is 0. The molecular formula is C21H24N4O5S. The fraction of sp³-hybridized carbons (Fsp3) is 0.476. The number of fused-ring (bicyclic) bond motifs is 3. The maximum atomic E-state index is 13.5. The zero-order valence-electron chi connectivity index (χ0n) is 17.5. The molecule has 1 aromatic carbocycles. The molecule has 1 fully saturated rings. The van der Waals surface area contributed by atoms with E-state index in [0.29, 0.717) is 50.3 Å². The van der Waals surface area contributed by atoms with E-state index in [1.807, 2.05) is 20.0 Å². The van der Waals surface area contributed by atoms with Gasteiger partial charge in [-0.2, -0.15) is 4.31 Å². The fourth-order valence-electron chi connectivity index (χ4n) is 4.65. The molecule has 1 spiro atoms. The van der Waals surface area contributed by atoms with E-state index in [2.05, 4.69) is 9.97 Å². The van der Waals surface area contributed by atoms with E-state index >= 15 is 0 Å². The zero-order valence-corrected chi connectivity index (χ0v) is 18.3. The van der Waals surface area contributed by atoms with Crippen LogP contribution in [0.4, 0.5) is 0 Å². The second kappa shape index (κ2) is 7.25. The number of rotatable bonds is 3. The van der Waals surface area contributed by atoms with Gasteiger partial charge in [0.05, 0.1) is 22.7 Å². The van der Waals surface area contributed by atoms with E-state index < -0.39 is 21.4 Å². The van der Waals surface area contributed by atoms with Crippen LogP contribution in [0.2, 0.25) is 0 Å². The van der Waals surface area contributed by atoms with Gasteiger partial charge in [0, 0.05) is 31.9 Å². The van der Waals surface area contributed by atoms with Gasteiger partial charge in [0.25, 0.3) is 0 Å². The number of sulfonamides is 1. The Labute approximate surface area is 179 Å². The molecular weight excluding hydrogens is 420 g/mol. The number of hydrogen-bond acceptors (Lipinski definition) is 7. The molecule has 2 aliphatic rings. The normalized spacial score (nSPS) is 22.1. The molecule has 0 aliphatic carbocycles. The first-order valence-electron chi connectivity index (χ1n) is 10.4. The second-order valence-electron chi connectivity index (χ2n) is 8.07. The van der Waals surface area contributed by atoms with E-state index in [1.54, 1.807) is 6.07 Å². The summed E-state index contributed by atoms with van der Waals surface area (Å²) >= 11 is 0. The van der Waals surface area contributed by atoms with Gasteiger partial charge in [0.2, 0.25) is 10.0 Å². The monoisotopic (exact) mass is 444 g/mol. The number of ether oxygens (including phenoxy) is 1. The summed E-state index contributed by atoms with van der Waals surface area (Å²) in [5.74, 6) is 0.149. The predicted octanol–water partition coefficient (Wildman–Crippen LogP) is 1.97. The first-order chi connectivity index (χ1) is 14.8. The van der Waals surface area contributed by atoms with Gasteiger partial charge in [-0.05, 0) is 50.8 Å². The molecule has 2 aliphatic heterocycles. The molecule has 0 N–H and O–H groups in total. The van der Waals surface area contributed by atoms with Crippen molar-refractivity contribution >= 4 is 21.1 Å². The van der Waals surface area contributed by atoms with E-state index in [9.17, 15) is 13.2 Å². The van der Waals surface area contributed by atoms with Crippen molar-refractivity contribution in [1.29, 1.82) is 0 Å². The highest BCUT2D eigenvalue weighted by atomic mass is 32.2. The van der Waals surface area contributed by atoms with Crippen LogP contribution >= 0.6 is 0 Å². The summed E-state index contributed by atoms with van der Waals surface area (Å²) < 4.78 is 41.4. The Morgan fingerprint density at radius 2 is 2.13 bits per heavy atom. The molecule has 1 atom stereocenters. The molecule has 4 heterocycles. The lowest BCUT2D eigenvalue weighted by atomic mass is 9.85. The lowest BCUT2D eigenvalue weighted by Crippen LogP contribution is -2.52. The van der Waals surface area contributed by atoms with Gasteiger partial charge >= 0.3 is 5.76 Å². The maximum Gasteiger partial charge on any atom is 0.419 e. The Kier molecular flexibility index (Phi) is 4.76. The smallest absolute Gasteiger partial charge is 0.408 e. The van der Waals surface area contributed by atoms with Crippen LogP contribution in [0, 0.1) is 6.92 Å². The van der Waals surface area contributed by atoms with Gasteiger partial charge in [-0.15, -0.1) is 0 Å². The van der Waals surface area contributed by atoms with Crippen LogP contribution in [0.1, 0.15) is 36.8 Å². The number of benzene rings is 1. The van der Waals surface area contributed by atoms with E-state index in [-0.39, 0.29) is 17.0 Å². The summed E-state index contributed by atoms with van der Waals surface area (Å²) in [6.07, 6.45) is 3.90. The second-order valence-corrected chi connectivity index (χ2v) is 10.0. The Morgan fingerprint density at radius 3 is 2.94 bits per heavy atom. The summed E-state index contributed by atoms with van der Waals surface area (Å²) in [7, 11) is -3.81. The van der Waals surface area contributed by atoms with Crippen molar-refractivity contribution in [3.8, 4) is 0 Å². The van der Waals surface area contributed by atoms with E-state index in [0.717, 1.165) is 11.3 Å². The van der Waals surface area contributed by atoms with Crippen molar-refractivity contribution < 1.29 is 17.6 Å². The van der Waals surface area contributed by atoms with Gasteiger partial charge in [-0.3, -0.25) is 4.57 Å². The topological polar surface area (TPSA) is 108 Å². The maximum absolute atomic E-state index is 13.5. The first-order valence-corrected chi connectivity index (χ1v) is 11.9. The van der Waals surface area contributed by atoms with E-state index in [4.69, 9.17) is 9.15 Å². The number of aryl methyl sites for hydroxylation is 2. The first kappa shape index (κ1) is 20.3. The third-order valence-corrected chi connectivity index (χ3v) is 8.02. The molecule has 10 heteroatoms. The number of nitrogens with zero attached hydrogens (tertiary/aromatic N) is 4. The summed E-state index contributed by atoms with van der Waals surface area (Å²) in [4.78, 5) is 21.0. The molecule has 0 radical (unpaired) electrons. The molecule has 0 saturated carbocycles. The van der Waals surface area contributed by atoms with E-state index in [1.165, 1.54) is 21.0 Å². The lowest BCUT2D eigenvalue weighted by Gasteiger charge is -2.44.